The Balaban J connectivity index is 2.03. The topological polar surface area (TPSA) is 109 Å². The molecule has 4 aromatic rings. The summed E-state index contributed by atoms with van der Waals surface area (Å²) in [4.78, 5) is 46.3. The number of fused-ring (bicyclic) bond motifs is 1. The van der Waals surface area contributed by atoms with Crippen LogP contribution in [0, 0.1) is 13.8 Å². The third kappa shape index (κ3) is 7.28. The molecule has 0 atom stereocenters. The number of carbonyl (C=O) groups excluding carboxylic acids is 3. The lowest BCUT2D eigenvalue weighted by atomic mass is 9.96. The van der Waals surface area contributed by atoms with Crippen LogP contribution in [-0.4, -0.2) is 53.1 Å². The van der Waals surface area contributed by atoms with Crippen LogP contribution in [-0.2, 0) is 20.8 Å². The fourth-order valence-electron chi connectivity index (χ4n) is 5.04. The van der Waals surface area contributed by atoms with Gasteiger partial charge in [0.1, 0.15) is 17.0 Å². The second-order valence-corrected chi connectivity index (χ2v) is 12.7. The maximum Gasteiger partial charge on any atom is 0.418 e. The van der Waals surface area contributed by atoms with Gasteiger partial charge in [0.25, 0.3) is 0 Å². The summed E-state index contributed by atoms with van der Waals surface area (Å²) in [5.41, 5.74) is 3.06. The highest BCUT2D eigenvalue weighted by molar-refractivity contribution is 6.07. The number of aryl methyl sites for hydroxylation is 1. The molecule has 0 radical (unpaired) electrons. The molecule has 0 bridgehead atoms. The Bertz CT molecular complexity index is 1760. The Morgan fingerprint density at radius 3 is 2.18 bits per heavy atom. The molecule has 4 rings (SSSR count). The van der Waals surface area contributed by atoms with Gasteiger partial charge < -0.3 is 18.9 Å². The van der Waals surface area contributed by atoms with Gasteiger partial charge in [-0.3, -0.25) is 14.5 Å². The highest BCUT2D eigenvalue weighted by Crippen LogP contribution is 2.38. The van der Waals surface area contributed by atoms with E-state index in [1.54, 1.807) is 97.4 Å². The smallest absolute Gasteiger partial charge is 0.418 e. The second-order valence-electron chi connectivity index (χ2n) is 12.7. The molecule has 0 spiro atoms. The van der Waals surface area contributed by atoms with Crippen LogP contribution in [0.5, 0.6) is 5.75 Å². The van der Waals surface area contributed by atoms with E-state index in [4.69, 9.17) is 18.9 Å². The minimum atomic E-state index is -0.802. The number of amides is 1. The first-order chi connectivity index (χ1) is 21.0. The van der Waals surface area contributed by atoms with Gasteiger partial charge in [-0.15, -0.1) is 0 Å². The summed E-state index contributed by atoms with van der Waals surface area (Å²) >= 11 is 0. The van der Waals surface area contributed by atoms with Gasteiger partial charge >= 0.3 is 18.2 Å². The summed E-state index contributed by atoms with van der Waals surface area (Å²) in [6.07, 6.45) is 2.10. The van der Waals surface area contributed by atoms with E-state index in [-0.39, 0.29) is 6.54 Å². The van der Waals surface area contributed by atoms with Crippen LogP contribution in [0.2, 0.25) is 0 Å². The lowest BCUT2D eigenvalue weighted by Crippen LogP contribution is -2.37. The number of methoxy groups -OCH3 is 2. The summed E-state index contributed by atoms with van der Waals surface area (Å²) in [5, 5.41) is 0.663. The van der Waals surface area contributed by atoms with Crippen LogP contribution in [0.1, 0.15) is 68.7 Å². The standard InChI is InChI=1S/C35H41N3O7/c1-21-19-36-28(22(2)30(21)42-9)20-38(33(41)45-35(6,7)8)23-17-27(24-13-11-12-14-26(24)31(39)43-10)25-15-16-37(29(25)18-23)32(40)44-34(3,4)5/h11-19H,20H2,1-10H3. The zero-order valence-electron chi connectivity index (χ0n) is 27.6. The van der Waals surface area contributed by atoms with Crippen molar-refractivity contribution in [2.24, 2.45) is 0 Å². The summed E-state index contributed by atoms with van der Waals surface area (Å²) in [5.74, 6) is 0.150. The monoisotopic (exact) mass is 615 g/mol. The van der Waals surface area contributed by atoms with Gasteiger partial charge in [-0.1, -0.05) is 18.2 Å². The highest BCUT2D eigenvalue weighted by Gasteiger charge is 2.28. The molecule has 238 valence electrons. The molecule has 2 aromatic carbocycles. The predicted molar refractivity (Wildman–Crippen MR) is 173 cm³/mol. The van der Waals surface area contributed by atoms with Gasteiger partial charge in [-0.05, 0) is 90.8 Å². The van der Waals surface area contributed by atoms with Crippen LogP contribution >= 0.6 is 0 Å². The van der Waals surface area contributed by atoms with Crippen molar-refractivity contribution in [3.8, 4) is 16.9 Å². The van der Waals surface area contributed by atoms with Crippen molar-refractivity contribution in [2.75, 3.05) is 19.1 Å². The van der Waals surface area contributed by atoms with Crippen LogP contribution in [0.25, 0.3) is 22.0 Å². The van der Waals surface area contributed by atoms with E-state index in [0.717, 1.165) is 11.1 Å². The van der Waals surface area contributed by atoms with Crippen molar-refractivity contribution in [1.82, 2.24) is 9.55 Å². The normalized spacial score (nSPS) is 11.7. The number of esters is 1. The first kappa shape index (κ1) is 33.0. The van der Waals surface area contributed by atoms with Gasteiger partial charge in [0.2, 0.25) is 0 Å². The number of hydrogen-bond donors (Lipinski definition) is 0. The number of carbonyl (C=O) groups is 3. The number of anilines is 1. The van der Waals surface area contributed by atoms with E-state index >= 15 is 0 Å². The molecule has 1 amide bonds. The Labute approximate surface area is 263 Å². The van der Waals surface area contributed by atoms with Crippen molar-refractivity contribution in [2.45, 2.75) is 73.1 Å². The zero-order valence-corrected chi connectivity index (χ0v) is 27.6. The third-order valence-electron chi connectivity index (χ3n) is 6.99. The van der Waals surface area contributed by atoms with Gasteiger partial charge in [-0.25, -0.2) is 14.4 Å². The first-order valence-corrected chi connectivity index (χ1v) is 14.6. The number of ether oxygens (including phenoxy) is 4. The summed E-state index contributed by atoms with van der Waals surface area (Å²) in [7, 11) is 2.91. The lowest BCUT2D eigenvalue weighted by molar-refractivity contribution is 0.0541. The average Bonchev–Trinajstić information content (AvgIpc) is 3.38. The third-order valence-corrected chi connectivity index (χ3v) is 6.99. The van der Waals surface area contributed by atoms with E-state index in [0.29, 0.717) is 44.7 Å². The molecular formula is C35H41N3O7. The fraction of sp³-hybridized carbons (Fsp3) is 0.371. The van der Waals surface area contributed by atoms with Crippen LogP contribution in [0.4, 0.5) is 15.3 Å². The van der Waals surface area contributed by atoms with Gasteiger partial charge in [-0.2, -0.15) is 0 Å². The molecule has 2 heterocycles. The molecule has 10 nitrogen and oxygen atoms in total. The quantitative estimate of drug-likeness (QED) is 0.159. The molecule has 0 fully saturated rings. The number of hydrogen-bond acceptors (Lipinski definition) is 8. The van der Waals surface area contributed by atoms with E-state index in [2.05, 4.69) is 4.98 Å². The predicted octanol–water partition coefficient (Wildman–Crippen LogP) is 7.84. The molecule has 0 aliphatic carbocycles. The Morgan fingerprint density at radius 1 is 0.889 bits per heavy atom. The van der Waals surface area contributed by atoms with E-state index in [1.165, 1.54) is 16.6 Å². The lowest BCUT2D eigenvalue weighted by Gasteiger charge is -2.28. The SMILES string of the molecule is COC(=O)c1ccccc1-c1cc(N(Cc2ncc(C)c(OC)c2C)C(=O)OC(C)(C)C)cc2c1ccn2C(=O)OC(C)(C)C. The number of aromatic nitrogens is 2. The van der Waals surface area contributed by atoms with Gasteiger partial charge in [0, 0.05) is 28.9 Å². The summed E-state index contributed by atoms with van der Waals surface area (Å²) in [6.45, 7) is 14.5. The minimum absolute atomic E-state index is 0.0358. The van der Waals surface area contributed by atoms with Crippen molar-refractivity contribution < 1.29 is 33.3 Å². The maximum absolute atomic E-state index is 13.9. The molecule has 0 N–H and O–H groups in total. The molecular weight excluding hydrogens is 574 g/mol. The zero-order chi connectivity index (χ0) is 33.3. The van der Waals surface area contributed by atoms with Crippen molar-refractivity contribution in [1.29, 1.82) is 0 Å². The van der Waals surface area contributed by atoms with E-state index in [1.807, 2.05) is 19.9 Å². The number of benzene rings is 2. The number of rotatable bonds is 6. The fourth-order valence-corrected chi connectivity index (χ4v) is 5.04. The molecule has 45 heavy (non-hydrogen) atoms. The van der Waals surface area contributed by atoms with Gasteiger partial charge in [0.15, 0.2) is 0 Å². The number of pyridine rings is 1. The average molecular weight is 616 g/mol. The first-order valence-electron chi connectivity index (χ1n) is 14.6. The summed E-state index contributed by atoms with van der Waals surface area (Å²) in [6, 6.07) is 12.3. The van der Waals surface area contributed by atoms with Crippen molar-refractivity contribution in [3.63, 3.8) is 0 Å². The number of nitrogens with zero attached hydrogens (tertiary/aromatic N) is 3. The van der Waals surface area contributed by atoms with E-state index in [9.17, 15) is 14.4 Å². The molecule has 2 aromatic heterocycles. The van der Waals surface area contributed by atoms with Gasteiger partial charge in [0.05, 0.1) is 43.2 Å². The Morgan fingerprint density at radius 2 is 1.56 bits per heavy atom. The Hall–Kier alpha value is -4.86. The van der Waals surface area contributed by atoms with Crippen LogP contribution in [0.15, 0.2) is 54.9 Å². The maximum atomic E-state index is 13.9. The molecule has 0 saturated carbocycles. The largest absolute Gasteiger partial charge is 0.496 e. The highest BCUT2D eigenvalue weighted by atomic mass is 16.6. The Kier molecular flexibility index (Phi) is 9.27. The second kappa shape index (κ2) is 12.6. The molecule has 0 aliphatic heterocycles. The summed E-state index contributed by atoms with van der Waals surface area (Å²) < 4.78 is 23.7. The van der Waals surface area contributed by atoms with E-state index < -0.39 is 29.4 Å². The minimum Gasteiger partial charge on any atom is -0.496 e. The van der Waals surface area contributed by atoms with Crippen LogP contribution < -0.4 is 9.64 Å². The van der Waals surface area contributed by atoms with Crippen molar-refractivity contribution >= 4 is 34.7 Å². The molecule has 0 unspecified atom stereocenters. The molecule has 0 aliphatic rings. The molecule has 10 heteroatoms. The molecule has 0 saturated heterocycles. The van der Waals surface area contributed by atoms with Crippen LogP contribution in [0.3, 0.4) is 0 Å². The van der Waals surface area contributed by atoms with Crippen molar-refractivity contribution in [3.05, 3.63) is 77.2 Å².